The molecule has 0 aromatic carbocycles. The molecule has 0 radical (unpaired) electrons. The minimum atomic E-state index is -1.17. The number of hydrogen-bond acceptors (Lipinski definition) is 5. The highest BCUT2D eigenvalue weighted by atomic mass is 16.6. The molecule has 18 heavy (non-hydrogen) atoms. The van der Waals surface area contributed by atoms with Crippen LogP contribution >= 0.6 is 0 Å². The van der Waals surface area contributed by atoms with Crippen LogP contribution < -0.4 is 5.73 Å². The largest absolute Gasteiger partial charge is 0.477 e. The van der Waals surface area contributed by atoms with Gasteiger partial charge in [-0.15, -0.1) is 0 Å². The van der Waals surface area contributed by atoms with E-state index >= 15 is 0 Å². The van der Waals surface area contributed by atoms with Gasteiger partial charge in [0.05, 0.1) is 0 Å². The van der Waals surface area contributed by atoms with Crippen LogP contribution in [0.3, 0.4) is 0 Å². The van der Waals surface area contributed by atoms with Crippen molar-refractivity contribution in [3.63, 3.8) is 0 Å². The molecule has 0 fully saturated rings. The predicted octanol–water partition coefficient (Wildman–Crippen LogP) is 1.12. The van der Waals surface area contributed by atoms with Crippen molar-refractivity contribution >= 4 is 11.9 Å². The van der Waals surface area contributed by atoms with Crippen LogP contribution in [0.25, 0.3) is 0 Å². The van der Waals surface area contributed by atoms with E-state index in [1.54, 1.807) is 20.8 Å². The Balaban J connectivity index is 2.90. The summed E-state index contributed by atoms with van der Waals surface area (Å²) >= 11 is 0. The number of nitrogens with two attached hydrogens (primary N) is 1. The monoisotopic (exact) mass is 252 g/mol. The van der Waals surface area contributed by atoms with Gasteiger partial charge in [0.1, 0.15) is 17.3 Å². The molecule has 1 heterocycles. The molecule has 0 aliphatic rings. The summed E-state index contributed by atoms with van der Waals surface area (Å²) in [7, 11) is 0. The number of aromatic carboxylic acids is 1. The fourth-order valence-corrected chi connectivity index (χ4v) is 1.26. The van der Waals surface area contributed by atoms with Gasteiger partial charge in [-0.3, -0.25) is 0 Å². The van der Waals surface area contributed by atoms with Gasteiger partial charge in [-0.1, -0.05) is 0 Å². The summed E-state index contributed by atoms with van der Waals surface area (Å²) in [5.41, 5.74) is 5.28. The first-order valence-corrected chi connectivity index (χ1v) is 5.38. The summed E-state index contributed by atoms with van der Waals surface area (Å²) in [6.07, 6.45) is 1.29. The second-order valence-electron chi connectivity index (χ2n) is 4.79. The molecule has 0 spiro atoms. The zero-order chi connectivity index (χ0) is 13.9. The number of aromatic nitrogens is 1. The zero-order valence-corrected chi connectivity index (χ0v) is 10.5. The normalized spacial score (nSPS) is 12.9. The number of ether oxygens (including phenoxy) is 1. The van der Waals surface area contributed by atoms with Crippen molar-refractivity contribution in [1.29, 1.82) is 0 Å². The second kappa shape index (κ2) is 5.14. The van der Waals surface area contributed by atoms with Crippen molar-refractivity contribution < 1.29 is 19.4 Å². The highest BCUT2D eigenvalue weighted by molar-refractivity contribution is 5.86. The smallest absolute Gasteiger partial charge is 0.354 e. The van der Waals surface area contributed by atoms with Crippen LogP contribution in [0.2, 0.25) is 0 Å². The molecule has 0 saturated heterocycles. The fraction of sp³-hybridized carbons (Fsp3) is 0.417. The number of carbonyl (C=O) groups is 2. The minimum absolute atomic E-state index is 0.161. The lowest BCUT2D eigenvalue weighted by atomic mass is 10.1. The third kappa shape index (κ3) is 3.81. The maximum Gasteiger partial charge on any atom is 0.354 e. The number of carboxylic acids is 1. The van der Waals surface area contributed by atoms with E-state index in [9.17, 15) is 9.59 Å². The Morgan fingerprint density at radius 1 is 1.44 bits per heavy atom. The Morgan fingerprint density at radius 3 is 2.56 bits per heavy atom. The van der Waals surface area contributed by atoms with E-state index in [-0.39, 0.29) is 5.69 Å². The maximum absolute atomic E-state index is 11.7. The summed E-state index contributed by atoms with van der Waals surface area (Å²) in [5, 5.41) is 8.80. The van der Waals surface area contributed by atoms with Crippen molar-refractivity contribution in [3.05, 3.63) is 29.6 Å². The quantitative estimate of drug-likeness (QED) is 0.781. The summed E-state index contributed by atoms with van der Waals surface area (Å²) in [6, 6.07) is 1.73. The van der Waals surface area contributed by atoms with Crippen molar-refractivity contribution in [2.24, 2.45) is 5.73 Å². The van der Waals surface area contributed by atoms with Gasteiger partial charge in [0.2, 0.25) is 0 Å². The minimum Gasteiger partial charge on any atom is -0.477 e. The molecule has 1 rings (SSSR count). The Kier molecular flexibility index (Phi) is 4.03. The highest BCUT2D eigenvalue weighted by Crippen LogP contribution is 2.16. The summed E-state index contributed by atoms with van der Waals surface area (Å²) in [4.78, 5) is 26.1. The van der Waals surface area contributed by atoms with Crippen LogP contribution in [0.5, 0.6) is 0 Å². The molecule has 6 heteroatoms. The first-order chi connectivity index (χ1) is 8.20. The molecule has 0 aliphatic heterocycles. The van der Waals surface area contributed by atoms with Crippen LogP contribution in [0.4, 0.5) is 0 Å². The van der Waals surface area contributed by atoms with Gasteiger partial charge in [-0.25, -0.2) is 14.6 Å². The van der Waals surface area contributed by atoms with Gasteiger partial charge in [-0.2, -0.15) is 0 Å². The molecular weight excluding hydrogens is 236 g/mol. The van der Waals surface area contributed by atoms with E-state index < -0.39 is 23.6 Å². The third-order valence-electron chi connectivity index (χ3n) is 2.02. The standard InChI is InChI=1S/C12H16N2O4/c1-12(2,3)18-11(17)9(13)7-4-5-14-8(6-7)10(15)16/h4-6,9H,13H2,1-3H3,(H,15,16)/t9-/m1/s1. The van der Waals surface area contributed by atoms with E-state index in [2.05, 4.69) is 4.98 Å². The van der Waals surface area contributed by atoms with Crippen molar-refractivity contribution in [2.75, 3.05) is 0 Å². The van der Waals surface area contributed by atoms with Gasteiger partial charge >= 0.3 is 11.9 Å². The highest BCUT2D eigenvalue weighted by Gasteiger charge is 2.24. The Bertz CT molecular complexity index is 465. The Hall–Kier alpha value is -1.95. The third-order valence-corrected chi connectivity index (χ3v) is 2.02. The van der Waals surface area contributed by atoms with E-state index in [0.717, 1.165) is 0 Å². The summed E-state index contributed by atoms with van der Waals surface area (Å²) in [5.74, 6) is -1.78. The average molecular weight is 252 g/mol. The van der Waals surface area contributed by atoms with E-state index in [4.69, 9.17) is 15.6 Å². The number of nitrogens with zero attached hydrogens (tertiary/aromatic N) is 1. The lowest BCUT2D eigenvalue weighted by Gasteiger charge is -2.22. The van der Waals surface area contributed by atoms with Crippen LogP contribution in [0, 0.1) is 0 Å². The fourth-order valence-electron chi connectivity index (χ4n) is 1.26. The molecule has 98 valence electrons. The van der Waals surface area contributed by atoms with Crippen LogP contribution in [0.1, 0.15) is 42.9 Å². The van der Waals surface area contributed by atoms with Gasteiger partial charge in [-0.05, 0) is 38.5 Å². The number of carbonyl (C=O) groups excluding carboxylic acids is 1. The number of pyridine rings is 1. The number of rotatable bonds is 3. The zero-order valence-electron chi connectivity index (χ0n) is 10.5. The van der Waals surface area contributed by atoms with Gasteiger partial charge in [0.15, 0.2) is 0 Å². The van der Waals surface area contributed by atoms with E-state index in [1.165, 1.54) is 18.3 Å². The number of hydrogen-bond donors (Lipinski definition) is 2. The molecule has 1 aromatic heterocycles. The molecule has 3 N–H and O–H groups in total. The van der Waals surface area contributed by atoms with Crippen LogP contribution in [0.15, 0.2) is 18.3 Å². The van der Waals surface area contributed by atoms with Crippen LogP contribution in [-0.4, -0.2) is 27.6 Å². The molecule has 0 amide bonds. The SMILES string of the molecule is CC(C)(C)OC(=O)[C@H](N)c1ccnc(C(=O)O)c1. The molecule has 0 bridgehead atoms. The van der Waals surface area contributed by atoms with Crippen molar-refractivity contribution in [1.82, 2.24) is 4.98 Å². The lowest BCUT2D eigenvalue weighted by Crippen LogP contribution is -2.31. The van der Waals surface area contributed by atoms with E-state index in [1.807, 2.05) is 0 Å². The van der Waals surface area contributed by atoms with E-state index in [0.29, 0.717) is 5.56 Å². The molecule has 6 nitrogen and oxygen atoms in total. The maximum atomic E-state index is 11.7. The molecule has 0 saturated carbocycles. The Morgan fingerprint density at radius 2 is 2.06 bits per heavy atom. The van der Waals surface area contributed by atoms with Gasteiger partial charge < -0.3 is 15.6 Å². The molecule has 0 aliphatic carbocycles. The van der Waals surface area contributed by atoms with Crippen molar-refractivity contribution in [3.8, 4) is 0 Å². The summed E-state index contributed by atoms with van der Waals surface area (Å²) in [6.45, 7) is 5.19. The first kappa shape index (κ1) is 14.1. The lowest BCUT2D eigenvalue weighted by molar-refractivity contribution is -0.156. The molecule has 1 atom stereocenters. The average Bonchev–Trinajstić information content (AvgIpc) is 2.26. The Labute approximate surface area is 105 Å². The summed E-state index contributed by atoms with van der Waals surface area (Å²) < 4.78 is 5.12. The van der Waals surface area contributed by atoms with Crippen LogP contribution in [-0.2, 0) is 9.53 Å². The van der Waals surface area contributed by atoms with Crippen molar-refractivity contribution in [2.45, 2.75) is 32.4 Å². The topological polar surface area (TPSA) is 103 Å². The first-order valence-electron chi connectivity index (χ1n) is 5.38. The second-order valence-corrected chi connectivity index (χ2v) is 4.79. The molecule has 0 unspecified atom stereocenters. The number of carboxylic acid groups (broad SMARTS) is 1. The predicted molar refractivity (Wildman–Crippen MR) is 64.0 cm³/mol. The molecular formula is C12H16N2O4. The molecule has 1 aromatic rings. The van der Waals surface area contributed by atoms with Gasteiger partial charge in [0, 0.05) is 6.20 Å². The number of esters is 1. The van der Waals surface area contributed by atoms with Gasteiger partial charge in [0.25, 0.3) is 0 Å².